The fourth-order valence-corrected chi connectivity index (χ4v) is 1.36. The lowest BCUT2D eigenvalue weighted by Gasteiger charge is -2.24. The number of methoxy groups -OCH3 is 1. The van der Waals surface area contributed by atoms with Gasteiger partial charge in [0, 0.05) is 12.4 Å². The van der Waals surface area contributed by atoms with E-state index >= 15 is 0 Å². The molecule has 0 bridgehead atoms. The molecule has 1 heterocycles. The molecule has 0 aliphatic rings. The highest BCUT2D eigenvalue weighted by atomic mass is 16.5. The van der Waals surface area contributed by atoms with Crippen molar-refractivity contribution in [1.29, 1.82) is 0 Å². The van der Waals surface area contributed by atoms with Gasteiger partial charge in [-0.2, -0.15) is 0 Å². The average Bonchev–Trinajstić information content (AvgIpc) is 2.29. The third-order valence-electron chi connectivity index (χ3n) is 2.25. The van der Waals surface area contributed by atoms with E-state index in [-0.39, 0.29) is 11.6 Å². The van der Waals surface area contributed by atoms with Crippen LogP contribution in [0.1, 0.15) is 32.5 Å². The van der Waals surface area contributed by atoms with Crippen molar-refractivity contribution in [3.63, 3.8) is 0 Å². The molecule has 1 N–H and O–H groups in total. The Balaban J connectivity index is 2.79. The van der Waals surface area contributed by atoms with E-state index in [0.29, 0.717) is 12.5 Å². The van der Waals surface area contributed by atoms with Gasteiger partial charge in [-0.15, -0.1) is 0 Å². The summed E-state index contributed by atoms with van der Waals surface area (Å²) in [6.45, 7) is 6.59. The maximum atomic E-state index is 5.75. The van der Waals surface area contributed by atoms with Gasteiger partial charge in [0.2, 0.25) is 5.88 Å². The second kappa shape index (κ2) is 5.93. The molecule has 5 nitrogen and oxygen atoms in total. The van der Waals surface area contributed by atoms with Gasteiger partial charge in [-0.3, -0.25) is 4.98 Å². The van der Waals surface area contributed by atoms with E-state index in [4.69, 9.17) is 9.47 Å². The lowest BCUT2D eigenvalue weighted by atomic mass is 10.1. The standard InChI is InChI=1S/C12H21N3O2/c1-12(2,3)17-8-9(13-4)10-11(16-5)15-7-6-14-10/h6-7,9,13H,8H2,1-5H3. The first-order chi connectivity index (χ1) is 7.98. The molecule has 1 rings (SSSR count). The fourth-order valence-electron chi connectivity index (χ4n) is 1.36. The van der Waals surface area contributed by atoms with Gasteiger partial charge in [0.1, 0.15) is 5.69 Å². The summed E-state index contributed by atoms with van der Waals surface area (Å²) in [7, 11) is 3.45. The Morgan fingerprint density at radius 3 is 2.47 bits per heavy atom. The number of aromatic nitrogens is 2. The molecule has 17 heavy (non-hydrogen) atoms. The Labute approximate surface area is 103 Å². The van der Waals surface area contributed by atoms with E-state index in [1.807, 2.05) is 27.8 Å². The van der Waals surface area contributed by atoms with E-state index in [1.54, 1.807) is 19.5 Å². The number of likely N-dealkylation sites (N-methyl/N-ethyl adjacent to an activating group) is 1. The number of nitrogens with zero attached hydrogens (tertiary/aromatic N) is 2. The van der Waals surface area contributed by atoms with E-state index in [2.05, 4.69) is 15.3 Å². The van der Waals surface area contributed by atoms with Crippen molar-refractivity contribution in [1.82, 2.24) is 15.3 Å². The van der Waals surface area contributed by atoms with Gasteiger partial charge >= 0.3 is 0 Å². The van der Waals surface area contributed by atoms with Gasteiger partial charge in [-0.05, 0) is 27.8 Å². The van der Waals surface area contributed by atoms with Crippen LogP contribution in [0.15, 0.2) is 12.4 Å². The highest BCUT2D eigenvalue weighted by Gasteiger charge is 2.20. The molecule has 5 heteroatoms. The molecule has 0 fully saturated rings. The molecule has 0 aliphatic heterocycles. The van der Waals surface area contributed by atoms with Crippen LogP contribution in [-0.2, 0) is 4.74 Å². The van der Waals surface area contributed by atoms with E-state index < -0.39 is 0 Å². The summed E-state index contributed by atoms with van der Waals surface area (Å²) < 4.78 is 10.9. The minimum Gasteiger partial charge on any atom is -0.480 e. The highest BCUT2D eigenvalue weighted by Crippen LogP contribution is 2.21. The maximum Gasteiger partial charge on any atom is 0.237 e. The summed E-state index contributed by atoms with van der Waals surface area (Å²) in [4.78, 5) is 8.42. The van der Waals surface area contributed by atoms with Gasteiger partial charge in [0.05, 0.1) is 25.4 Å². The number of hydrogen-bond donors (Lipinski definition) is 1. The minimum atomic E-state index is -0.176. The monoisotopic (exact) mass is 239 g/mol. The van der Waals surface area contributed by atoms with Crippen LogP contribution in [0.2, 0.25) is 0 Å². The van der Waals surface area contributed by atoms with Crippen molar-refractivity contribution < 1.29 is 9.47 Å². The molecule has 1 unspecified atom stereocenters. The van der Waals surface area contributed by atoms with Gasteiger partial charge in [0.25, 0.3) is 0 Å². The minimum absolute atomic E-state index is 0.0297. The van der Waals surface area contributed by atoms with Crippen LogP contribution in [0.5, 0.6) is 5.88 Å². The number of ether oxygens (including phenoxy) is 2. The van der Waals surface area contributed by atoms with Crippen molar-refractivity contribution in [2.75, 3.05) is 20.8 Å². The molecule has 1 aromatic rings. The summed E-state index contributed by atoms with van der Waals surface area (Å²) in [6, 6.07) is -0.0297. The van der Waals surface area contributed by atoms with Gasteiger partial charge < -0.3 is 14.8 Å². The lowest BCUT2D eigenvalue weighted by molar-refractivity contribution is -0.0147. The molecule has 0 saturated carbocycles. The quantitative estimate of drug-likeness (QED) is 0.845. The number of rotatable bonds is 5. The Bertz CT molecular complexity index is 350. The molecule has 0 spiro atoms. The predicted octanol–water partition coefficient (Wildman–Crippen LogP) is 1.56. The van der Waals surface area contributed by atoms with Gasteiger partial charge in [-0.1, -0.05) is 0 Å². The molecule has 0 radical (unpaired) electrons. The second-order valence-corrected chi connectivity index (χ2v) is 4.72. The highest BCUT2D eigenvalue weighted by molar-refractivity contribution is 5.21. The summed E-state index contributed by atoms with van der Waals surface area (Å²) in [5.74, 6) is 0.532. The zero-order chi connectivity index (χ0) is 12.9. The Hall–Kier alpha value is -1.20. The Morgan fingerprint density at radius 2 is 1.94 bits per heavy atom. The van der Waals surface area contributed by atoms with Crippen molar-refractivity contribution in [3.05, 3.63) is 18.1 Å². The molecule has 1 atom stereocenters. The fraction of sp³-hybridized carbons (Fsp3) is 0.667. The lowest BCUT2D eigenvalue weighted by Crippen LogP contribution is -2.29. The molecule has 0 aliphatic carbocycles. The first-order valence-electron chi connectivity index (χ1n) is 5.64. The summed E-state index contributed by atoms with van der Waals surface area (Å²) >= 11 is 0. The molecule has 0 aromatic carbocycles. The summed E-state index contributed by atoms with van der Waals surface area (Å²) in [5.41, 5.74) is 0.589. The predicted molar refractivity (Wildman–Crippen MR) is 66.1 cm³/mol. The van der Waals surface area contributed by atoms with E-state index in [1.165, 1.54) is 0 Å². The molecular weight excluding hydrogens is 218 g/mol. The maximum absolute atomic E-state index is 5.75. The first kappa shape index (κ1) is 13.9. The SMILES string of the molecule is CNC(COC(C)(C)C)c1nccnc1OC. The second-order valence-electron chi connectivity index (χ2n) is 4.72. The summed E-state index contributed by atoms with van der Waals surface area (Å²) in [5, 5.41) is 3.16. The molecule has 0 amide bonds. The van der Waals surface area contributed by atoms with Crippen LogP contribution < -0.4 is 10.1 Å². The van der Waals surface area contributed by atoms with Crippen LogP contribution in [0.4, 0.5) is 0 Å². The van der Waals surface area contributed by atoms with Crippen molar-refractivity contribution in [2.24, 2.45) is 0 Å². The molecule has 0 saturated heterocycles. The van der Waals surface area contributed by atoms with Crippen molar-refractivity contribution in [2.45, 2.75) is 32.4 Å². The van der Waals surface area contributed by atoms with E-state index in [0.717, 1.165) is 5.69 Å². The Morgan fingerprint density at radius 1 is 1.29 bits per heavy atom. The number of hydrogen-bond acceptors (Lipinski definition) is 5. The zero-order valence-corrected chi connectivity index (χ0v) is 11.2. The topological polar surface area (TPSA) is 56.3 Å². The molecule has 96 valence electrons. The van der Waals surface area contributed by atoms with E-state index in [9.17, 15) is 0 Å². The average molecular weight is 239 g/mol. The van der Waals surface area contributed by atoms with Crippen molar-refractivity contribution in [3.8, 4) is 5.88 Å². The Kier molecular flexibility index (Phi) is 4.84. The zero-order valence-electron chi connectivity index (χ0n) is 11.2. The smallest absolute Gasteiger partial charge is 0.237 e. The van der Waals surface area contributed by atoms with Gasteiger partial charge in [-0.25, -0.2) is 4.98 Å². The molecule has 1 aromatic heterocycles. The third kappa shape index (κ3) is 4.28. The van der Waals surface area contributed by atoms with Crippen LogP contribution in [0.3, 0.4) is 0 Å². The van der Waals surface area contributed by atoms with Crippen LogP contribution in [-0.4, -0.2) is 36.3 Å². The van der Waals surface area contributed by atoms with Crippen LogP contribution in [0, 0.1) is 0 Å². The van der Waals surface area contributed by atoms with Crippen LogP contribution in [0.25, 0.3) is 0 Å². The van der Waals surface area contributed by atoms with Crippen LogP contribution >= 0.6 is 0 Å². The molecular formula is C12H21N3O2. The first-order valence-corrected chi connectivity index (χ1v) is 5.64. The number of nitrogens with one attached hydrogen (secondary N) is 1. The normalized spacial score (nSPS) is 13.5. The summed E-state index contributed by atoms with van der Waals surface area (Å²) in [6.07, 6.45) is 3.26. The van der Waals surface area contributed by atoms with Crippen molar-refractivity contribution >= 4 is 0 Å². The third-order valence-corrected chi connectivity index (χ3v) is 2.25. The van der Waals surface area contributed by atoms with Gasteiger partial charge in [0.15, 0.2) is 0 Å². The largest absolute Gasteiger partial charge is 0.480 e.